The van der Waals surface area contributed by atoms with Gasteiger partial charge in [0.25, 0.3) is 5.91 Å². The van der Waals surface area contributed by atoms with E-state index in [0.29, 0.717) is 43.4 Å². The number of phenols is 1. The summed E-state index contributed by atoms with van der Waals surface area (Å²) in [5, 5.41) is 27.6. The molecule has 0 radical (unpaired) electrons. The van der Waals surface area contributed by atoms with Crippen LogP contribution in [0.3, 0.4) is 0 Å². The third-order valence-electron chi connectivity index (χ3n) is 11.8. The number of fused-ring (bicyclic) bond motifs is 3. The summed E-state index contributed by atoms with van der Waals surface area (Å²) in [5.74, 6) is 0.174. The van der Waals surface area contributed by atoms with Gasteiger partial charge in [-0.15, -0.1) is 10.2 Å². The zero-order chi connectivity index (χ0) is 38.2. The minimum absolute atomic E-state index is 0.0810. The second-order valence-corrected chi connectivity index (χ2v) is 15.6. The summed E-state index contributed by atoms with van der Waals surface area (Å²) in [4.78, 5) is 66.1. The number of rotatable bonds is 6. The zero-order valence-electron chi connectivity index (χ0n) is 31.4. The third-order valence-corrected chi connectivity index (χ3v) is 11.8. The van der Waals surface area contributed by atoms with E-state index in [2.05, 4.69) is 64.6 Å². The Balaban J connectivity index is 0.820. The first kappa shape index (κ1) is 36.5. The first-order valence-electron chi connectivity index (χ1n) is 19.4. The van der Waals surface area contributed by atoms with Gasteiger partial charge in [-0.2, -0.15) is 0 Å². The molecule has 0 saturated carbocycles. The van der Waals surface area contributed by atoms with Gasteiger partial charge >= 0.3 is 6.03 Å². The number of carbonyl (C=O) groups is 4. The normalized spacial score (nSPS) is 24.8. The number of para-hydroxylation sites is 1. The number of hydrogen-bond donors (Lipinski definition) is 4. The van der Waals surface area contributed by atoms with E-state index in [0.717, 1.165) is 62.8 Å². The Morgan fingerprint density at radius 2 is 1.73 bits per heavy atom. The molecule has 7 heterocycles. The second kappa shape index (κ2) is 15.3. The first-order valence-corrected chi connectivity index (χ1v) is 19.4. The Morgan fingerprint density at radius 3 is 2.49 bits per heavy atom. The molecule has 2 aromatic heterocycles. The van der Waals surface area contributed by atoms with Crippen molar-refractivity contribution in [1.29, 1.82) is 0 Å². The number of amides is 5. The standard InChI is InChI=1S/C39H49N11O5/c1-24-20-46(22-26-10-13-47(14-11-26)27-9-12-40-32(17-27)38(54)42-30-7-8-35(52)43-37(30)53)21-25(2)50(24)39(55)48-15-16-49-28(23-48)19-41-36-33(49)18-31(44-45-36)29-5-3-4-6-34(29)51/h3-6,9,12,17-18,24-26,28,30,51H,7-8,10-11,13-16,19-23H2,1-2H3,(H,41,45)(H,42,54)(H,43,52,53)/t24-,25+,28-,30?/m0/s1. The number of benzene rings is 1. The third kappa shape index (κ3) is 7.59. The van der Waals surface area contributed by atoms with Gasteiger partial charge in [-0.25, -0.2) is 4.79 Å². The van der Waals surface area contributed by atoms with Crippen LogP contribution in [0, 0.1) is 5.92 Å². The van der Waals surface area contributed by atoms with Crippen LogP contribution in [0.1, 0.15) is 50.0 Å². The number of urea groups is 1. The van der Waals surface area contributed by atoms with E-state index in [1.165, 1.54) is 0 Å². The lowest BCUT2D eigenvalue weighted by Crippen LogP contribution is -2.65. The molecular formula is C39H49N11O5. The fourth-order valence-corrected chi connectivity index (χ4v) is 8.95. The summed E-state index contributed by atoms with van der Waals surface area (Å²) >= 11 is 0. The smallest absolute Gasteiger partial charge is 0.320 e. The van der Waals surface area contributed by atoms with Crippen molar-refractivity contribution in [3.8, 4) is 17.0 Å². The number of nitrogens with zero attached hydrogens (tertiary/aromatic N) is 8. The van der Waals surface area contributed by atoms with E-state index < -0.39 is 17.9 Å². The molecule has 16 heteroatoms. The van der Waals surface area contributed by atoms with Crippen molar-refractivity contribution in [2.45, 2.75) is 63.7 Å². The number of anilines is 3. The first-order chi connectivity index (χ1) is 26.6. The van der Waals surface area contributed by atoms with Crippen LogP contribution in [-0.2, 0) is 9.59 Å². The fraction of sp³-hybridized carbons (Fsp3) is 0.513. The second-order valence-electron chi connectivity index (χ2n) is 15.6. The van der Waals surface area contributed by atoms with Gasteiger partial charge in [-0.05, 0) is 69.4 Å². The lowest BCUT2D eigenvalue weighted by molar-refractivity contribution is -0.134. The van der Waals surface area contributed by atoms with Crippen molar-refractivity contribution in [3.63, 3.8) is 0 Å². The zero-order valence-corrected chi connectivity index (χ0v) is 31.4. The van der Waals surface area contributed by atoms with Crippen LogP contribution < -0.4 is 25.8 Å². The summed E-state index contributed by atoms with van der Waals surface area (Å²) in [6, 6.07) is 12.4. The molecule has 290 valence electrons. The molecule has 5 aliphatic rings. The van der Waals surface area contributed by atoms with Crippen LogP contribution in [0.5, 0.6) is 5.75 Å². The lowest BCUT2D eigenvalue weighted by Gasteiger charge is -2.50. The van der Waals surface area contributed by atoms with E-state index in [-0.39, 0.29) is 54.3 Å². The highest BCUT2D eigenvalue weighted by atomic mass is 16.3. The van der Waals surface area contributed by atoms with Gasteiger partial charge in [-0.3, -0.25) is 29.6 Å². The highest BCUT2D eigenvalue weighted by Crippen LogP contribution is 2.36. The molecule has 5 amide bonds. The Morgan fingerprint density at radius 1 is 0.945 bits per heavy atom. The molecule has 55 heavy (non-hydrogen) atoms. The van der Waals surface area contributed by atoms with Gasteiger partial charge in [0.15, 0.2) is 5.82 Å². The van der Waals surface area contributed by atoms with Gasteiger partial charge in [0.05, 0.1) is 17.4 Å². The molecule has 5 aliphatic heterocycles. The van der Waals surface area contributed by atoms with E-state index in [1.54, 1.807) is 24.4 Å². The van der Waals surface area contributed by atoms with Crippen LogP contribution in [0.4, 0.5) is 22.0 Å². The van der Waals surface area contributed by atoms with Crippen LogP contribution in [-0.4, -0.2) is 142 Å². The van der Waals surface area contributed by atoms with E-state index in [1.807, 2.05) is 29.2 Å². The minimum Gasteiger partial charge on any atom is -0.507 e. The Hall–Kier alpha value is -5.51. The maximum Gasteiger partial charge on any atom is 0.320 e. The number of nitrogens with one attached hydrogen (secondary N) is 3. The Labute approximate surface area is 320 Å². The van der Waals surface area contributed by atoms with Crippen LogP contribution in [0.25, 0.3) is 11.3 Å². The van der Waals surface area contributed by atoms with E-state index >= 15 is 0 Å². The average Bonchev–Trinajstić information content (AvgIpc) is 3.18. The molecular weight excluding hydrogens is 703 g/mol. The number of hydrogen-bond acceptors (Lipinski definition) is 12. The fourth-order valence-electron chi connectivity index (χ4n) is 8.95. The maximum absolute atomic E-state index is 14.1. The monoisotopic (exact) mass is 751 g/mol. The van der Waals surface area contributed by atoms with Gasteiger partial charge < -0.3 is 35.3 Å². The molecule has 3 aromatic rings. The van der Waals surface area contributed by atoms with Crippen molar-refractivity contribution >= 4 is 40.9 Å². The van der Waals surface area contributed by atoms with Crippen LogP contribution >= 0.6 is 0 Å². The molecule has 4 N–H and O–H groups in total. The highest BCUT2D eigenvalue weighted by Gasteiger charge is 2.40. The SMILES string of the molecule is C[C@@H]1CN(CC2CCN(c3ccnc(C(=O)NC4CCC(=O)NC4=O)c3)CC2)C[C@H](C)N1C(=O)N1CCN2c3cc(-c4ccccc4O)nnc3NC[C@H]2C1. The molecule has 1 unspecified atom stereocenters. The van der Waals surface area contributed by atoms with Gasteiger partial charge in [0, 0.05) is 94.9 Å². The van der Waals surface area contributed by atoms with E-state index in [4.69, 9.17) is 0 Å². The Kier molecular flexibility index (Phi) is 10.2. The topological polar surface area (TPSA) is 179 Å². The molecule has 1 aromatic carbocycles. The number of piperidine rings is 2. The quantitative estimate of drug-likeness (QED) is 0.270. The predicted molar refractivity (Wildman–Crippen MR) is 206 cm³/mol. The van der Waals surface area contributed by atoms with Gasteiger partial charge in [-0.1, -0.05) is 12.1 Å². The lowest BCUT2D eigenvalue weighted by atomic mass is 9.94. The summed E-state index contributed by atoms with van der Waals surface area (Å²) in [6.07, 6.45) is 4.13. The van der Waals surface area contributed by atoms with Crippen LogP contribution in [0.2, 0.25) is 0 Å². The number of imide groups is 1. The van der Waals surface area contributed by atoms with Gasteiger partial charge in [0.2, 0.25) is 11.8 Å². The number of phenolic OH excluding ortho intramolecular Hbond substituents is 1. The Bertz CT molecular complexity index is 1940. The highest BCUT2D eigenvalue weighted by molar-refractivity contribution is 6.03. The van der Waals surface area contributed by atoms with Crippen molar-refractivity contribution in [2.75, 3.05) is 74.0 Å². The summed E-state index contributed by atoms with van der Waals surface area (Å²) in [6.45, 7) is 11.3. The number of pyridine rings is 1. The number of piperazine rings is 2. The molecule has 4 fully saturated rings. The summed E-state index contributed by atoms with van der Waals surface area (Å²) in [7, 11) is 0. The maximum atomic E-state index is 14.1. The summed E-state index contributed by atoms with van der Waals surface area (Å²) < 4.78 is 0. The molecule has 0 spiro atoms. The largest absolute Gasteiger partial charge is 0.507 e. The molecule has 0 bridgehead atoms. The predicted octanol–water partition coefficient (Wildman–Crippen LogP) is 2.13. The molecule has 4 saturated heterocycles. The molecule has 4 atom stereocenters. The molecule has 8 rings (SSSR count). The average molecular weight is 752 g/mol. The van der Waals surface area contributed by atoms with E-state index in [9.17, 15) is 24.3 Å². The minimum atomic E-state index is -0.746. The molecule has 0 aliphatic carbocycles. The van der Waals surface area contributed by atoms with Crippen molar-refractivity contribution in [1.82, 2.24) is 40.5 Å². The summed E-state index contributed by atoms with van der Waals surface area (Å²) in [5.41, 5.74) is 3.37. The number of aromatic nitrogens is 3. The van der Waals surface area contributed by atoms with Gasteiger partial charge in [0.1, 0.15) is 17.5 Å². The number of aromatic hydroxyl groups is 1. The van der Waals surface area contributed by atoms with Crippen LogP contribution in [0.15, 0.2) is 48.7 Å². The molecule has 16 nitrogen and oxygen atoms in total. The van der Waals surface area contributed by atoms with Crippen molar-refractivity contribution in [3.05, 3.63) is 54.4 Å². The number of carbonyl (C=O) groups excluding carboxylic acids is 4. The van der Waals surface area contributed by atoms with Crippen molar-refractivity contribution < 1.29 is 24.3 Å². The van der Waals surface area contributed by atoms with Crippen molar-refractivity contribution in [2.24, 2.45) is 5.92 Å².